The Bertz CT molecular complexity index is 901. The first-order valence-electron chi connectivity index (χ1n) is 8.64. The molecule has 140 valence electrons. The number of carboxylic acid groups (broad SMARTS) is 1. The molecule has 27 heavy (non-hydrogen) atoms. The second kappa shape index (κ2) is 7.03. The first kappa shape index (κ1) is 17.5. The van der Waals surface area contributed by atoms with Gasteiger partial charge in [0.25, 0.3) is 5.91 Å². The molecule has 4 atom stereocenters. The van der Waals surface area contributed by atoms with Crippen LogP contribution < -0.4 is 10.6 Å². The van der Waals surface area contributed by atoms with Crippen LogP contribution in [0.5, 0.6) is 0 Å². The van der Waals surface area contributed by atoms with Crippen LogP contribution in [0.2, 0.25) is 0 Å². The molecule has 8 heteroatoms. The molecule has 2 aliphatic rings. The first-order chi connectivity index (χ1) is 13.0. The lowest BCUT2D eigenvalue weighted by Crippen LogP contribution is -2.36. The van der Waals surface area contributed by atoms with Gasteiger partial charge in [-0.05, 0) is 41.8 Å². The van der Waals surface area contributed by atoms with Gasteiger partial charge in [0, 0.05) is 0 Å². The van der Waals surface area contributed by atoms with Crippen molar-refractivity contribution in [1.82, 2.24) is 5.32 Å². The van der Waals surface area contributed by atoms with E-state index in [1.165, 1.54) is 17.6 Å². The lowest BCUT2D eigenvalue weighted by molar-refractivity contribution is -0.146. The van der Waals surface area contributed by atoms with Gasteiger partial charge in [-0.15, -0.1) is 11.3 Å². The summed E-state index contributed by atoms with van der Waals surface area (Å²) in [6, 6.07) is 5.12. The maximum absolute atomic E-state index is 12.8. The molecular formula is C19H18N2O5S. The number of anilines is 1. The number of thiophene rings is 1. The zero-order chi connectivity index (χ0) is 19.0. The topological polar surface area (TPSA) is 109 Å². The van der Waals surface area contributed by atoms with E-state index in [4.69, 9.17) is 4.42 Å². The third-order valence-electron chi connectivity index (χ3n) is 5.20. The van der Waals surface area contributed by atoms with E-state index in [9.17, 15) is 19.5 Å². The van der Waals surface area contributed by atoms with E-state index in [1.54, 1.807) is 23.6 Å². The number of hydrogen-bond acceptors (Lipinski definition) is 5. The summed E-state index contributed by atoms with van der Waals surface area (Å²) in [7, 11) is 0. The van der Waals surface area contributed by atoms with E-state index >= 15 is 0 Å². The number of carboxylic acids is 1. The molecule has 0 unspecified atom stereocenters. The zero-order valence-corrected chi connectivity index (χ0v) is 15.1. The number of amides is 2. The maximum Gasteiger partial charge on any atom is 0.307 e. The average molecular weight is 386 g/mol. The Morgan fingerprint density at radius 2 is 1.96 bits per heavy atom. The predicted octanol–water partition coefficient (Wildman–Crippen LogP) is 2.73. The number of allylic oxidation sites excluding steroid dienone is 2. The fraction of sp³-hybridized carbons (Fsp3) is 0.316. The molecule has 2 aromatic rings. The number of aliphatic carboxylic acids is 1. The Hall–Kier alpha value is -2.87. The number of carbonyl (C=O) groups excluding carboxylic acids is 2. The molecule has 2 aromatic heterocycles. The average Bonchev–Trinajstić information content (AvgIpc) is 3.42. The van der Waals surface area contributed by atoms with Crippen LogP contribution in [-0.2, 0) is 16.1 Å². The van der Waals surface area contributed by atoms with Crippen LogP contribution in [0, 0.1) is 23.7 Å². The van der Waals surface area contributed by atoms with Crippen molar-refractivity contribution >= 4 is 34.1 Å². The van der Waals surface area contributed by atoms with Gasteiger partial charge in [-0.1, -0.05) is 12.2 Å². The van der Waals surface area contributed by atoms with Crippen molar-refractivity contribution in [3.63, 3.8) is 0 Å². The lowest BCUT2D eigenvalue weighted by atomic mass is 9.82. The highest BCUT2D eigenvalue weighted by molar-refractivity contribution is 7.14. The summed E-state index contributed by atoms with van der Waals surface area (Å²) in [5.41, 5.74) is 0.352. The number of furan rings is 1. The van der Waals surface area contributed by atoms with Crippen LogP contribution in [0.1, 0.15) is 22.5 Å². The predicted molar refractivity (Wildman–Crippen MR) is 98.2 cm³/mol. The molecule has 1 saturated carbocycles. The smallest absolute Gasteiger partial charge is 0.307 e. The van der Waals surface area contributed by atoms with Gasteiger partial charge in [0.2, 0.25) is 5.91 Å². The minimum atomic E-state index is -0.949. The van der Waals surface area contributed by atoms with Crippen LogP contribution in [0.25, 0.3) is 0 Å². The number of hydrogen-bond donors (Lipinski definition) is 3. The monoisotopic (exact) mass is 386 g/mol. The first-order valence-corrected chi connectivity index (χ1v) is 9.52. The summed E-state index contributed by atoms with van der Waals surface area (Å²) >= 11 is 1.24. The van der Waals surface area contributed by atoms with Crippen molar-refractivity contribution < 1.29 is 23.9 Å². The van der Waals surface area contributed by atoms with Crippen LogP contribution in [0.3, 0.4) is 0 Å². The molecule has 2 amide bonds. The molecule has 0 saturated heterocycles. The fourth-order valence-electron chi connectivity index (χ4n) is 3.97. The summed E-state index contributed by atoms with van der Waals surface area (Å²) < 4.78 is 5.18. The maximum atomic E-state index is 12.8. The van der Waals surface area contributed by atoms with Crippen molar-refractivity contribution in [1.29, 1.82) is 0 Å². The van der Waals surface area contributed by atoms with Gasteiger partial charge in [-0.3, -0.25) is 14.4 Å². The number of carbonyl (C=O) groups is 3. The molecule has 1 fully saturated rings. The Morgan fingerprint density at radius 1 is 1.19 bits per heavy atom. The second-order valence-electron chi connectivity index (χ2n) is 6.75. The van der Waals surface area contributed by atoms with Crippen LogP contribution in [-0.4, -0.2) is 22.9 Å². The summed E-state index contributed by atoms with van der Waals surface area (Å²) in [4.78, 5) is 36.8. The molecule has 0 aliphatic heterocycles. The Morgan fingerprint density at radius 3 is 2.67 bits per heavy atom. The standard InChI is InChI=1S/C19H18N2O5S/c22-16(20-9-12-2-1-6-26-12)13-5-7-27-18(13)21-17(23)14-10-3-4-11(8-10)15(14)19(24)25/h1-7,10-11,14-15H,8-9H2,(H,20,22)(H,21,23)(H,24,25)/t10-,11+,14-,15+/m1/s1. The quantitative estimate of drug-likeness (QED) is 0.662. The molecule has 4 rings (SSSR count). The molecule has 3 N–H and O–H groups in total. The minimum absolute atomic E-state index is 0.0627. The van der Waals surface area contributed by atoms with E-state index in [0.717, 1.165) is 0 Å². The van der Waals surface area contributed by atoms with Crippen molar-refractivity contribution in [3.05, 3.63) is 53.3 Å². The zero-order valence-electron chi connectivity index (χ0n) is 14.3. The van der Waals surface area contributed by atoms with Crippen molar-refractivity contribution in [3.8, 4) is 0 Å². The van der Waals surface area contributed by atoms with E-state index in [-0.39, 0.29) is 30.2 Å². The third kappa shape index (κ3) is 3.28. The summed E-state index contributed by atoms with van der Waals surface area (Å²) in [6.45, 7) is 0.243. The Balaban J connectivity index is 1.45. The Labute approximate surface area is 159 Å². The molecule has 0 spiro atoms. The van der Waals surface area contributed by atoms with Gasteiger partial charge in [0.1, 0.15) is 10.8 Å². The molecule has 0 aromatic carbocycles. The summed E-state index contributed by atoms with van der Waals surface area (Å²) in [6.07, 6.45) is 6.04. The van der Waals surface area contributed by atoms with Crippen molar-refractivity contribution in [2.75, 3.05) is 5.32 Å². The fourth-order valence-corrected chi connectivity index (χ4v) is 4.76. The Kier molecular flexibility index (Phi) is 4.57. The molecule has 2 bridgehead atoms. The van der Waals surface area contributed by atoms with E-state index in [1.807, 2.05) is 12.2 Å². The summed E-state index contributed by atoms with van der Waals surface area (Å²) in [5, 5.41) is 17.2. The van der Waals surface area contributed by atoms with Gasteiger partial charge in [-0.25, -0.2) is 0 Å². The van der Waals surface area contributed by atoms with Gasteiger partial charge >= 0.3 is 5.97 Å². The van der Waals surface area contributed by atoms with Crippen molar-refractivity contribution in [2.45, 2.75) is 13.0 Å². The molecule has 0 radical (unpaired) electrons. The van der Waals surface area contributed by atoms with E-state index in [0.29, 0.717) is 22.7 Å². The summed E-state index contributed by atoms with van der Waals surface area (Å²) in [5.74, 6) is -2.48. The van der Waals surface area contributed by atoms with Gasteiger partial charge in [0.15, 0.2) is 0 Å². The largest absolute Gasteiger partial charge is 0.481 e. The van der Waals surface area contributed by atoms with Gasteiger partial charge in [-0.2, -0.15) is 0 Å². The van der Waals surface area contributed by atoms with Crippen molar-refractivity contribution in [2.24, 2.45) is 23.7 Å². The van der Waals surface area contributed by atoms with E-state index in [2.05, 4.69) is 10.6 Å². The number of fused-ring (bicyclic) bond motifs is 2. The number of nitrogens with one attached hydrogen (secondary N) is 2. The molecule has 2 heterocycles. The molecule has 7 nitrogen and oxygen atoms in total. The van der Waals surface area contributed by atoms with Crippen LogP contribution >= 0.6 is 11.3 Å². The second-order valence-corrected chi connectivity index (χ2v) is 7.67. The van der Waals surface area contributed by atoms with Crippen LogP contribution in [0.4, 0.5) is 5.00 Å². The van der Waals surface area contributed by atoms with Gasteiger partial charge in [0.05, 0.1) is 30.2 Å². The lowest BCUT2D eigenvalue weighted by Gasteiger charge is -2.23. The normalized spacial score (nSPS) is 25.5. The van der Waals surface area contributed by atoms with E-state index < -0.39 is 17.8 Å². The number of rotatable bonds is 6. The molecule has 2 aliphatic carbocycles. The third-order valence-corrected chi connectivity index (χ3v) is 6.03. The highest BCUT2D eigenvalue weighted by atomic mass is 32.1. The van der Waals surface area contributed by atoms with Crippen LogP contribution in [0.15, 0.2) is 46.4 Å². The highest BCUT2D eigenvalue weighted by Crippen LogP contribution is 2.48. The highest BCUT2D eigenvalue weighted by Gasteiger charge is 2.51. The molecular weight excluding hydrogens is 368 g/mol. The SMILES string of the molecule is O=C(NCc1ccco1)c1ccsc1NC(=O)[C@H]1[C@@H](C(=O)O)[C@H]2C=C[C@@H]1C2. The minimum Gasteiger partial charge on any atom is -0.481 e. The van der Waals surface area contributed by atoms with Gasteiger partial charge < -0.3 is 20.2 Å².